The number of hydrogen-bond donors (Lipinski definition) is 2. The van der Waals surface area contributed by atoms with E-state index in [4.69, 9.17) is 10.2 Å². The van der Waals surface area contributed by atoms with Gasteiger partial charge in [0, 0.05) is 11.9 Å². The molecule has 0 rings (SSSR count). The summed E-state index contributed by atoms with van der Waals surface area (Å²) in [5.74, 6) is -4.89. The molecule has 16 heavy (non-hydrogen) atoms. The van der Waals surface area contributed by atoms with E-state index in [1.807, 2.05) is 0 Å². The Morgan fingerprint density at radius 1 is 0.688 bits per heavy atom. The average Bonchev–Trinajstić information content (AvgIpc) is 2.12. The number of aliphatic carboxylic acids is 4. The highest BCUT2D eigenvalue weighted by Gasteiger charge is 2.00. The zero-order chi connectivity index (χ0) is 13.1. The van der Waals surface area contributed by atoms with Crippen LogP contribution in [0.4, 0.5) is 0 Å². The molecular formula is C8H10O8-2. The van der Waals surface area contributed by atoms with Crippen LogP contribution in [0.1, 0.15) is 25.7 Å². The van der Waals surface area contributed by atoms with Gasteiger partial charge in [0.2, 0.25) is 0 Å². The van der Waals surface area contributed by atoms with Crippen LogP contribution in [0.3, 0.4) is 0 Å². The molecule has 2 N–H and O–H groups in total. The molecule has 0 bridgehead atoms. The Bertz CT molecular complexity index is 213. The fourth-order valence-electron chi connectivity index (χ4n) is 0.418. The summed E-state index contributed by atoms with van der Waals surface area (Å²) in [6.07, 6.45) is -1.53. The first-order valence-corrected chi connectivity index (χ1v) is 4.09. The molecule has 0 aliphatic rings. The van der Waals surface area contributed by atoms with E-state index in [2.05, 4.69) is 0 Å². The van der Waals surface area contributed by atoms with Gasteiger partial charge < -0.3 is 30.0 Å². The van der Waals surface area contributed by atoms with E-state index in [1.54, 1.807) is 0 Å². The summed E-state index contributed by atoms with van der Waals surface area (Å²) in [6, 6.07) is 0. The molecule has 0 unspecified atom stereocenters. The number of rotatable bonds is 6. The van der Waals surface area contributed by atoms with Gasteiger partial charge in [0.05, 0.1) is 12.8 Å². The number of carboxylic acid groups (broad SMARTS) is 4. The normalized spacial score (nSPS) is 8.50. The van der Waals surface area contributed by atoms with Crippen LogP contribution in [0.15, 0.2) is 0 Å². The van der Waals surface area contributed by atoms with Gasteiger partial charge in [0.25, 0.3) is 0 Å². The third-order valence-electron chi connectivity index (χ3n) is 1.09. The molecular weight excluding hydrogens is 224 g/mol. The SMILES string of the molecule is O=C(O)CCC(=O)O.O=C([O-])CCC(=O)[O-]. The molecule has 0 aromatic carbocycles. The number of hydrogen-bond acceptors (Lipinski definition) is 6. The Balaban J connectivity index is 0. The van der Waals surface area contributed by atoms with Gasteiger partial charge in [-0.1, -0.05) is 0 Å². The monoisotopic (exact) mass is 234 g/mol. The highest BCUT2D eigenvalue weighted by Crippen LogP contribution is 1.86. The Morgan fingerprint density at radius 3 is 1.06 bits per heavy atom. The quantitative estimate of drug-likeness (QED) is 0.499. The van der Waals surface area contributed by atoms with Crippen molar-refractivity contribution in [2.24, 2.45) is 0 Å². The van der Waals surface area contributed by atoms with E-state index in [-0.39, 0.29) is 12.8 Å². The van der Waals surface area contributed by atoms with E-state index in [0.29, 0.717) is 0 Å². The number of carbonyl (C=O) groups is 4. The maximum Gasteiger partial charge on any atom is 0.303 e. The number of carbonyl (C=O) groups excluding carboxylic acids is 2. The van der Waals surface area contributed by atoms with E-state index in [0.717, 1.165) is 0 Å². The van der Waals surface area contributed by atoms with E-state index < -0.39 is 36.7 Å². The minimum atomic E-state index is -1.37. The van der Waals surface area contributed by atoms with Gasteiger partial charge in [-0.05, 0) is 12.8 Å². The topological polar surface area (TPSA) is 155 Å². The van der Waals surface area contributed by atoms with Crippen molar-refractivity contribution in [2.75, 3.05) is 0 Å². The highest BCUT2D eigenvalue weighted by molar-refractivity contribution is 5.75. The van der Waals surface area contributed by atoms with Crippen molar-refractivity contribution in [3.8, 4) is 0 Å². The van der Waals surface area contributed by atoms with Gasteiger partial charge in [0.15, 0.2) is 0 Å². The minimum Gasteiger partial charge on any atom is -0.550 e. The molecule has 8 nitrogen and oxygen atoms in total. The van der Waals surface area contributed by atoms with Crippen molar-refractivity contribution < 1.29 is 39.6 Å². The average molecular weight is 234 g/mol. The van der Waals surface area contributed by atoms with Gasteiger partial charge in [0.1, 0.15) is 0 Å². The van der Waals surface area contributed by atoms with Crippen LogP contribution in [0.25, 0.3) is 0 Å². The van der Waals surface area contributed by atoms with Crippen LogP contribution in [0.2, 0.25) is 0 Å². The standard InChI is InChI=1S/2C4H6O4/c2*5-3(6)1-2-4(7)8/h2*1-2H2,(H,5,6)(H,7,8)/p-2. The number of carboxylic acids is 4. The first kappa shape index (κ1) is 16.3. The lowest BCUT2D eigenvalue weighted by Crippen LogP contribution is -2.27. The Morgan fingerprint density at radius 2 is 0.938 bits per heavy atom. The zero-order valence-corrected chi connectivity index (χ0v) is 8.17. The predicted molar refractivity (Wildman–Crippen MR) is 43.8 cm³/mol. The van der Waals surface area contributed by atoms with Crippen molar-refractivity contribution in [1.82, 2.24) is 0 Å². The molecule has 8 heteroatoms. The second-order valence-electron chi connectivity index (χ2n) is 2.53. The summed E-state index contributed by atoms with van der Waals surface area (Å²) in [5, 5.41) is 34.8. The summed E-state index contributed by atoms with van der Waals surface area (Å²) in [5.41, 5.74) is 0. The van der Waals surface area contributed by atoms with Gasteiger partial charge >= 0.3 is 11.9 Å². The molecule has 0 spiro atoms. The summed E-state index contributed by atoms with van der Waals surface area (Å²) < 4.78 is 0. The maximum absolute atomic E-state index is 9.64. The molecule has 0 aliphatic heterocycles. The largest absolute Gasteiger partial charge is 0.550 e. The fourth-order valence-corrected chi connectivity index (χ4v) is 0.418. The molecule has 0 aliphatic carbocycles. The van der Waals surface area contributed by atoms with Crippen molar-refractivity contribution in [1.29, 1.82) is 0 Å². The van der Waals surface area contributed by atoms with E-state index in [1.165, 1.54) is 0 Å². The summed E-state index contributed by atoms with van der Waals surface area (Å²) in [6.45, 7) is 0. The molecule has 0 amide bonds. The van der Waals surface area contributed by atoms with Crippen LogP contribution in [0, 0.1) is 0 Å². The Labute approximate surface area is 90.1 Å². The molecule has 0 aromatic heterocycles. The van der Waals surface area contributed by atoms with E-state index in [9.17, 15) is 29.4 Å². The minimum absolute atomic E-state index is 0.296. The lowest BCUT2D eigenvalue weighted by Gasteiger charge is -2.00. The summed E-state index contributed by atoms with van der Waals surface area (Å²) in [4.78, 5) is 38.3. The Kier molecular flexibility index (Phi) is 9.62. The van der Waals surface area contributed by atoms with Gasteiger partial charge in [-0.25, -0.2) is 0 Å². The lowest BCUT2D eigenvalue weighted by atomic mass is 10.3. The third-order valence-corrected chi connectivity index (χ3v) is 1.09. The molecule has 0 heterocycles. The second-order valence-corrected chi connectivity index (χ2v) is 2.53. The summed E-state index contributed by atoms with van der Waals surface area (Å²) in [7, 11) is 0. The lowest BCUT2D eigenvalue weighted by molar-refractivity contribution is -0.315. The second kappa shape index (κ2) is 9.44. The van der Waals surface area contributed by atoms with Crippen molar-refractivity contribution in [3.63, 3.8) is 0 Å². The fraction of sp³-hybridized carbons (Fsp3) is 0.500. The maximum atomic E-state index is 9.64. The smallest absolute Gasteiger partial charge is 0.303 e. The van der Waals surface area contributed by atoms with Crippen LogP contribution in [-0.4, -0.2) is 34.1 Å². The molecule has 0 aromatic rings. The first-order chi connectivity index (χ1) is 7.25. The summed E-state index contributed by atoms with van der Waals surface area (Å²) >= 11 is 0. The van der Waals surface area contributed by atoms with Gasteiger partial charge in [-0.2, -0.15) is 0 Å². The van der Waals surface area contributed by atoms with Crippen molar-refractivity contribution >= 4 is 23.9 Å². The molecule has 0 saturated heterocycles. The third kappa shape index (κ3) is 22.6. The van der Waals surface area contributed by atoms with Gasteiger partial charge in [-0.3, -0.25) is 9.59 Å². The molecule has 92 valence electrons. The molecule has 0 atom stereocenters. The Hall–Kier alpha value is -2.12. The van der Waals surface area contributed by atoms with Gasteiger partial charge in [-0.15, -0.1) is 0 Å². The van der Waals surface area contributed by atoms with Crippen LogP contribution < -0.4 is 10.2 Å². The zero-order valence-electron chi connectivity index (χ0n) is 8.17. The molecule has 0 fully saturated rings. The predicted octanol–water partition coefficient (Wildman–Crippen LogP) is -2.80. The van der Waals surface area contributed by atoms with Crippen LogP contribution in [0.5, 0.6) is 0 Å². The van der Waals surface area contributed by atoms with Crippen molar-refractivity contribution in [3.05, 3.63) is 0 Å². The highest BCUT2D eigenvalue weighted by atomic mass is 16.4. The van der Waals surface area contributed by atoms with Crippen molar-refractivity contribution in [2.45, 2.75) is 25.7 Å². The van der Waals surface area contributed by atoms with Crippen LogP contribution in [-0.2, 0) is 19.2 Å². The molecule has 0 radical (unpaired) electrons. The first-order valence-electron chi connectivity index (χ1n) is 4.09. The van der Waals surface area contributed by atoms with E-state index >= 15 is 0 Å². The molecule has 0 saturated carbocycles. The van der Waals surface area contributed by atoms with Crippen LogP contribution >= 0.6 is 0 Å².